The highest BCUT2D eigenvalue weighted by Gasteiger charge is 2.21. The number of para-hydroxylation sites is 1. The molecule has 7 aromatic carbocycles. The Balaban J connectivity index is 1.08. The molecular weight excluding hydrogens is 707 g/mol. The molecule has 0 radical (unpaired) electrons. The van der Waals surface area contributed by atoms with Gasteiger partial charge in [-0.1, -0.05) is 146 Å². The fraction of sp³-hybridized carbons (Fsp3) is 0. The van der Waals surface area contributed by atoms with Crippen molar-refractivity contribution in [2.45, 2.75) is 0 Å². The molecule has 11 rings (SSSR count). The number of furan rings is 1. The van der Waals surface area contributed by atoms with E-state index in [1.807, 2.05) is 91.0 Å². The molecule has 0 saturated heterocycles. The molecule has 4 heterocycles. The van der Waals surface area contributed by atoms with Crippen LogP contribution in [0.4, 0.5) is 0 Å². The van der Waals surface area contributed by atoms with Crippen LogP contribution in [-0.2, 0) is 0 Å². The Morgan fingerprint density at radius 2 is 0.964 bits per heavy atom. The maximum Gasteiger partial charge on any atom is 0.167 e. The van der Waals surface area contributed by atoms with E-state index in [-0.39, 0.29) is 0 Å². The number of hydrogen-bond donors (Lipinski definition) is 0. The fourth-order valence-electron chi connectivity index (χ4n) is 7.43. The van der Waals surface area contributed by atoms with Crippen LogP contribution < -0.4 is 0 Å². The average molecular weight is 736 g/mol. The van der Waals surface area contributed by atoms with Gasteiger partial charge < -0.3 is 4.42 Å². The Morgan fingerprint density at radius 1 is 0.375 bits per heavy atom. The van der Waals surface area contributed by atoms with Gasteiger partial charge in [-0.2, -0.15) is 0 Å². The molecule has 11 aromatic rings. The van der Waals surface area contributed by atoms with Gasteiger partial charge in [-0.05, 0) is 41.5 Å². The minimum Gasteiger partial charge on any atom is -0.455 e. The van der Waals surface area contributed by atoms with Crippen molar-refractivity contribution < 1.29 is 4.42 Å². The van der Waals surface area contributed by atoms with Crippen LogP contribution in [0.1, 0.15) is 0 Å². The lowest BCUT2D eigenvalue weighted by molar-refractivity contribution is 0.669. The van der Waals surface area contributed by atoms with Crippen LogP contribution in [0.25, 0.3) is 110 Å². The van der Waals surface area contributed by atoms with Gasteiger partial charge in [-0.15, -0.1) is 11.3 Å². The summed E-state index contributed by atoms with van der Waals surface area (Å²) in [6.07, 6.45) is 0. The summed E-state index contributed by atoms with van der Waals surface area (Å²) in [6, 6.07) is 59.8. The number of rotatable bonds is 6. The van der Waals surface area contributed by atoms with E-state index in [1.165, 1.54) is 4.70 Å². The maximum atomic E-state index is 6.81. The highest BCUT2D eigenvalue weighted by Crippen LogP contribution is 2.42. The molecule has 0 aliphatic rings. The zero-order valence-electron chi connectivity index (χ0n) is 29.8. The topological polar surface area (TPSA) is 77.6 Å². The second kappa shape index (κ2) is 13.2. The summed E-state index contributed by atoms with van der Waals surface area (Å²) in [5, 5.41) is 3.11. The third-order valence-corrected chi connectivity index (χ3v) is 11.3. The van der Waals surface area contributed by atoms with Gasteiger partial charge in [0.1, 0.15) is 11.2 Å². The highest BCUT2D eigenvalue weighted by atomic mass is 32.1. The molecule has 262 valence electrons. The predicted molar refractivity (Wildman–Crippen MR) is 228 cm³/mol. The number of aromatic nitrogens is 5. The fourth-order valence-corrected chi connectivity index (χ4v) is 8.59. The number of fused-ring (bicyclic) bond motifs is 6. The van der Waals surface area contributed by atoms with Crippen molar-refractivity contribution in [3.8, 4) is 67.9 Å². The monoisotopic (exact) mass is 735 g/mol. The SMILES string of the molecule is c1ccc(-c2cccc(-c3nc(-c4ccccc4)nc(-c4cccc5c4oc4cc(-c6nc(-c7ccccc7)nc7c6sc6ccccc67)ccc45)n3)c2)cc1. The van der Waals surface area contributed by atoms with E-state index in [0.29, 0.717) is 28.9 Å². The van der Waals surface area contributed by atoms with Crippen LogP contribution in [0.2, 0.25) is 0 Å². The first-order valence-electron chi connectivity index (χ1n) is 18.4. The van der Waals surface area contributed by atoms with E-state index in [4.69, 9.17) is 29.3 Å². The summed E-state index contributed by atoms with van der Waals surface area (Å²) in [6.45, 7) is 0. The largest absolute Gasteiger partial charge is 0.455 e. The molecule has 0 N–H and O–H groups in total. The van der Waals surface area contributed by atoms with Gasteiger partial charge in [0.25, 0.3) is 0 Å². The summed E-state index contributed by atoms with van der Waals surface area (Å²) in [5.41, 5.74) is 10.1. The normalized spacial score (nSPS) is 11.6. The van der Waals surface area contributed by atoms with Crippen LogP contribution in [0.3, 0.4) is 0 Å². The van der Waals surface area contributed by atoms with Gasteiger partial charge in [0.05, 0.1) is 21.5 Å². The summed E-state index contributed by atoms with van der Waals surface area (Å²) in [5.74, 6) is 2.42. The van der Waals surface area contributed by atoms with E-state index in [9.17, 15) is 0 Å². The lowest BCUT2D eigenvalue weighted by Crippen LogP contribution is -2.00. The Bertz CT molecular complexity index is 3250. The third kappa shape index (κ3) is 5.52. The van der Waals surface area contributed by atoms with Crippen molar-refractivity contribution >= 4 is 53.6 Å². The van der Waals surface area contributed by atoms with Crippen molar-refractivity contribution in [2.24, 2.45) is 0 Å². The average Bonchev–Trinajstić information content (AvgIpc) is 3.85. The number of hydrogen-bond acceptors (Lipinski definition) is 7. The third-order valence-electron chi connectivity index (χ3n) is 10.2. The van der Waals surface area contributed by atoms with Crippen molar-refractivity contribution in [1.82, 2.24) is 24.9 Å². The quantitative estimate of drug-likeness (QED) is 0.169. The van der Waals surface area contributed by atoms with E-state index in [0.717, 1.165) is 76.6 Å². The second-order valence-electron chi connectivity index (χ2n) is 13.7. The van der Waals surface area contributed by atoms with Crippen LogP contribution in [0.5, 0.6) is 0 Å². The molecule has 0 aliphatic carbocycles. The zero-order chi connectivity index (χ0) is 37.0. The molecule has 0 spiro atoms. The summed E-state index contributed by atoms with van der Waals surface area (Å²) in [4.78, 5) is 25.5. The molecular formula is C49H29N5OS. The molecule has 0 atom stereocenters. The number of nitrogens with zero attached hydrogens (tertiary/aromatic N) is 5. The van der Waals surface area contributed by atoms with Crippen molar-refractivity contribution in [3.63, 3.8) is 0 Å². The van der Waals surface area contributed by atoms with Crippen LogP contribution in [0.15, 0.2) is 180 Å². The maximum absolute atomic E-state index is 6.81. The molecule has 0 amide bonds. The van der Waals surface area contributed by atoms with Gasteiger partial charge in [0.15, 0.2) is 23.3 Å². The Labute approximate surface area is 325 Å². The van der Waals surface area contributed by atoms with Gasteiger partial charge in [0, 0.05) is 43.1 Å². The molecule has 0 fully saturated rings. The molecule has 0 bridgehead atoms. The van der Waals surface area contributed by atoms with E-state index >= 15 is 0 Å². The van der Waals surface area contributed by atoms with Gasteiger partial charge in [0.2, 0.25) is 0 Å². The summed E-state index contributed by atoms with van der Waals surface area (Å²) >= 11 is 1.72. The first-order chi connectivity index (χ1) is 27.7. The van der Waals surface area contributed by atoms with Gasteiger partial charge >= 0.3 is 0 Å². The van der Waals surface area contributed by atoms with Crippen molar-refractivity contribution in [1.29, 1.82) is 0 Å². The molecule has 0 saturated carbocycles. The Hall–Kier alpha value is -7.35. The summed E-state index contributed by atoms with van der Waals surface area (Å²) < 4.78 is 9.04. The first kappa shape index (κ1) is 32.1. The van der Waals surface area contributed by atoms with Gasteiger partial charge in [-0.3, -0.25) is 0 Å². The lowest BCUT2D eigenvalue weighted by Gasteiger charge is -2.10. The van der Waals surface area contributed by atoms with E-state index in [2.05, 4.69) is 84.9 Å². The smallest absolute Gasteiger partial charge is 0.167 e. The Morgan fingerprint density at radius 3 is 1.73 bits per heavy atom. The molecule has 0 unspecified atom stereocenters. The zero-order valence-corrected chi connectivity index (χ0v) is 30.6. The Kier molecular flexibility index (Phi) is 7.57. The lowest BCUT2D eigenvalue weighted by atomic mass is 10.0. The number of thiophene rings is 1. The standard InChI is InChI=1S/C49H29N5OS/c1-4-14-30(15-5-1)33-20-12-21-35(28-33)48-52-47(32-18-8-3-9-19-32)53-49(54-48)39-24-13-23-37-36-27-26-34(29-40(36)55-44(37)39)42-45-43(38-22-10-11-25-41(38)56-45)51-46(50-42)31-16-6-2-7-17-31/h1-29H. The summed E-state index contributed by atoms with van der Waals surface area (Å²) in [7, 11) is 0. The van der Waals surface area contributed by atoms with Crippen LogP contribution in [0, 0.1) is 0 Å². The van der Waals surface area contributed by atoms with Crippen LogP contribution >= 0.6 is 11.3 Å². The van der Waals surface area contributed by atoms with Gasteiger partial charge in [-0.25, -0.2) is 24.9 Å². The predicted octanol–water partition coefficient (Wildman–Crippen LogP) is 12.9. The van der Waals surface area contributed by atoms with Crippen molar-refractivity contribution in [2.75, 3.05) is 0 Å². The molecule has 4 aromatic heterocycles. The minimum absolute atomic E-state index is 0.541. The molecule has 0 aliphatic heterocycles. The highest BCUT2D eigenvalue weighted by molar-refractivity contribution is 7.26. The molecule has 6 nitrogen and oxygen atoms in total. The second-order valence-corrected chi connectivity index (χ2v) is 14.7. The molecule has 7 heteroatoms. The van der Waals surface area contributed by atoms with Crippen molar-refractivity contribution in [3.05, 3.63) is 176 Å². The van der Waals surface area contributed by atoms with Crippen LogP contribution in [-0.4, -0.2) is 24.9 Å². The molecule has 56 heavy (non-hydrogen) atoms. The van der Waals surface area contributed by atoms with E-state index in [1.54, 1.807) is 11.3 Å². The first-order valence-corrected chi connectivity index (χ1v) is 19.2. The number of benzene rings is 7. The minimum atomic E-state index is 0.541. The van der Waals surface area contributed by atoms with E-state index < -0.39 is 0 Å².